The van der Waals surface area contributed by atoms with Crippen LogP contribution in [0.25, 0.3) is 0 Å². The van der Waals surface area contributed by atoms with E-state index in [4.69, 9.17) is 47.0 Å². The van der Waals surface area contributed by atoms with Crippen molar-refractivity contribution in [1.29, 1.82) is 0 Å². The van der Waals surface area contributed by atoms with Gasteiger partial charge in [0, 0.05) is 10.6 Å². The summed E-state index contributed by atoms with van der Waals surface area (Å²) < 4.78 is 0. The van der Waals surface area contributed by atoms with E-state index in [1.54, 1.807) is 42.5 Å². The topological polar surface area (TPSA) is 41.1 Å². The van der Waals surface area contributed by atoms with E-state index in [1.165, 1.54) is 0 Å². The molecule has 0 aromatic heterocycles. The summed E-state index contributed by atoms with van der Waals surface area (Å²) >= 11 is 22.8. The molecule has 0 aliphatic rings. The zero-order chi connectivity index (χ0) is 15.4. The molecule has 0 radical (unpaired) electrons. The number of nitrogens with one attached hydrogen (secondary N) is 2. The number of rotatable bonds is 2. The predicted octanol–water partition coefficient (Wildman–Crippen LogP) is 4.77. The first-order chi connectivity index (χ1) is 9.97. The molecule has 1 amide bonds. The van der Waals surface area contributed by atoms with Gasteiger partial charge < -0.3 is 5.32 Å². The summed E-state index contributed by atoms with van der Waals surface area (Å²) in [5.41, 5.74) is 0.964. The van der Waals surface area contributed by atoms with E-state index >= 15 is 0 Å². The van der Waals surface area contributed by atoms with Gasteiger partial charge in [-0.1, -0.05) is 40.9 Å². The first-order valence-electron chi connectivity index (χ1n) is 5.79. The van der Waals surface area contributed by atoms with Gasteiger partial charge in [0.25, 0.3) is 5.91 Å². The van der Waals surface area contributed by atoms with Crippen molar-refractivity contribution in [2.24, 2.45) is 0 Å². The lowest BCUT2D eigenvalue weighted by Gasteiger charge is -2.11. The van der Waals surface area contributed by atoms with Crippen molar-refractivity contribution < 1.29 is 4.79 Å². The van der Waals surface area contributed by atoms with Crippen molar-refractivity contribution in [3.8, 4) is 0 Å². The molecular weight excluding hydrogens is 351 g/mol. The molecule has 0 atom stereocenters. The molecule has 0 unspecified atom stereocenters. The minimum absolute atomic E-state index is 0.124. The molecule has 0 aliphatic carbocycles. The Morgan fingerprint density at radius 2 is 1.67 bits per heavy atom. The van der Waals surface area contributed by atoms with Crippen LogP contribution in [0.2, 0.25) is 15.1 Å². The highest BCUT2D eigenvalue weighted by Crippen LogP contribution is 2.29. The summed E-state index contributed by atoms with van der Waals surface area (Å²) in [5, 5.41) is 6.78. The SMILES string of the molecule is O=C(NC(=S)Nc1cccc(Cl)c1Cl)c1ccc(Cl)cc1. The highest BCUT2D eigenvalue weighted by atomic mass is 35.5. The fourth-order valence-corrected chi connectivity index (χ4v) is 2.21. The number of anilines is 1. The maximum atomic E-state index is 12.0. The number of thiocarbonyl (C=S) groups is 1. The molecule has 0 saturated heterocycles. The normalized spacial score (nSPS) is 10.0. The fourth-order valence-electron chi connectivity index (χ4n) is 1.53. The van der Waals surface area contributed by atoms with Gasteiger partial charge in [-0.3, -0.25) is 10.1 Å². The van der Waals surface area contributed by atoms with Gasteiger partial charge in [-0.05, 0) is 48.6 Å². The van der Waals surface area contributed by atoms with Gasteiger partial charge in [0.15, 0.2) is 5.11 Å². The molecular formula is C14H9Cl3N2OS. The number of amides is 1. The molecule has 0 bridgehead atoms. The highest BCUT2D eigenvalue weighted by molar-refractivity contribution is 7.80. The second-order valence-corrected chi connectivity index (χ2v) is 5.65. The highest BCUT2D eigenvalue weighted by Gasteiger charge is 2.10. The van der Waals surface area contributed by atoms with Crippen molar-refractivity contribution in [1.82, 2.24) is 5.32 Å². The van der Waals surface area contributed by atoms with Crippen LogP contribution in [-0.2, 0) is 0 Å². The fraction of sp³-hybridized carbons (Fsp3) is 0. The Kier molecular flexibility index (Phi) is 5.42. The van der Waals surface area contributed by atoms with Gasteiger partial charge in [-0.2, -0.15) is 0 Å². The number of carbonyl (C=O) groups excluding carboxylic acids is 1. The van der Waals surface area contributed by atoms with Crippen molar-refractivity contribution >= 4 is 63.7 Å². The van der Waals surface area contributed by atoms with E-state index in [0.717, 1.165) is 0 Å². The third-order valence-electron chi connectivity index (χ3n) is 2.53. The predicted molar refractivity (Wildman–Crippen MR) is 91.6 cm³/mol. The standard InChI is InChI=1S/C14H9Cl3N2OS/c15-9-6-4-8(5-7-9)13(20)19-14(21)18-11-3-1-2-10(16)12(11)17/h1-7H,(H2,18,19,20,21). The second kappa shape index (κ2) is 7.09. The largest absolute Gasteiger partial charge is 0.331 e. The van der Waals surface area contributed by atoms with Crippen LogP contribution >= 0.6 is 47.0 Å². The zero-order valence-electron chi connectivity index (χ0n) is 10.5. The van der Waals surface area contributed by atoms with E-state index in [2.05, 4.69) is 10.6 Å². The summed E-state index contributed by atoms with van der Waals surface area (Å²) in [6.07, 6.45) is 0. The Hall–Kier alpha value is -1.33. The maximum absolute atomic E-state index is 12.0. The molecule has 2 aromatic rings. The van der Waals surface area contributed by atoms with Crippen molar-refractivity contribution in [2.45, 2.75) is 0 Å². The summed E-state index contributed by atoms with van der Waals surface area (Å²) in [6.45, 7) is 0. The Bertz CT molecular complexity index is 689. The van der Waals surface area contributed by atoms with Gasteiger partial charge in [-0.15, -0.1) is 0 Å². The molecule has 2 N–H and O–H groups in total. The van der Waals surface area contributed by atoms with Crippen molar-refractivity contribution in [3.63, 3.8) is 0 Å². The minimum Gasteiger partial charge on any atom is -0.331 e. The molecule has 0 aliphatic heterocycles. The van der Waals surface area contributed by atoms with Crippen LogP contribution in [0.15, 0.2) is 42.5 Å². The molecule has 7 heteroatoms. The molecule has 0 fully saturated rings. The zero-order valence-corrected chi connectivity index (χ0v) is 13.6. The van der Waals surface area contributed by atoms with E-state index in [1.807, 2.05) is 0 Å². The molecule has 0 heterocycles. The third-order valence-corrected chi connectivity index (χ3v) is 3.81. The molecule has 0 spiro atoms. The van der Waals surface area contributed by atoms with E-state index in [-0.39, 0.29) is 11.0 Å². The lowest BCUT2D eigenvalue weighted by atomic mass is 10.2. The van der Waals surface area contributed by atoms with Crippen molar-refractivity contribution in [2.75, 3.05) is 5.32 Å². The summed E-state index contributed by atoms with van der Waals surface area (Å²) in [6, 6.07) is 11.5. The lowest BCUT2D eigenvalue weighted by molar-refractivity contribution is 0.0978. The lowest BCUT2D eigenvalue weighted by Crippen LogP contribution is -2.34. The van der Waals surface area contributed by atoms with Crippen LogP contribution in [0.1, 0.15) is 10.4 Å². The number of carbonyl (C=O) groups is 1. The Balaban J connectivity index is 2.03. The average Bonchev–Trinajstić information content (AvgIpc) is 2.44. The summed E-state index contributed by atoms with van der Waals surface area (Å²) in [7, 11) is 0. The van der Waals surface area contributed by atoms with Crippen molar-refractivity contribution in [3.05, 3.63) is 63.1 Å². The van der Waals surface area contributed by atoms with Crippen LogP contribution in [0, 0.1) is 0 Å². The molecule has 108 valence electrons. The monoisotopic (exact) mass is 358 g/mol. The average molecular weight is 360 g/mol. The van der Waals surface area contributed by atoms with Gasteiger partial charge in [-0.25, -0.2) is 0 Å². The Morgan fingerprint density at radius 3 is 2.33 bits per heavy atom. The minimum atomic E-state index is -0.345. The van der Waals surface area contributed by atoms with Crippen LogP contribution in [0.4, 0.5) is 5.69 Å². The van der Waals surface area contributed by atoms with Gasteiger partial charge >= 0.3 is 0 Å². The molecule has 2 aromatic carbocycles. The number of hydrogen-bond acceptors (Lipinski definition) is 2. The molecule has 0 saturated carbocycles. The summed E-state index contributed by atoms with van der Waals surface area (Å²) in [5.74, 6) is -0.345. The number of hydrogen-bond donors (Lipinski definition) is 2. The first kappa shape index (κ1) is 16.0. The van der Waals surface area contributed by atoms with E-state index in [9.17, 15) is 4.79 Å². The Labute approximate surface area is 142 Å². The molecule has 2 rings (SSSR count). The summed E-state index contributed by atoms with van der Waals surface area (Å²) in [4.78, 5) is 12.0. The van der Waals surface area contributed by atoms with Gasteiger partial charge in [0.05, 0.1) is 15.7 Å². The smallest absolute Gasteiger partial charge is 0.257 e. The van der Waals surface area contributed by atoms with Crippen LogP contribution in [0.3, 0.4) is 0 Å². The van der Waals surface area contributed by atoms with E-state index < -0.39 is 0 Å². The quantitative estimate of drug-likeness (QED) is 0.759. The van der Waals surface area contributed by atoms with Gasteiger partial charge in [0.1, 0.15) is 0 Å². The first-order valence-corrected chi connectivity index (χ1v) is 7.33. The maximum Gasteiger partial charge on any atom is 0.257 e. The molecule has 3 nitrogen and oxygen atoms in total. The van der Waals surface area contributed by atoms with Gasteiger partial charge in [0.2, 0.25) is 0 Å². The molecule has 21 heavy (non-hydrogen) atoms. The number of halogens is 3. The van der Waals surface area contributed by atoms with Crippen LogP contribution in [0.5, 0.6) is 0 Å². The van der Waals surface area contributed by atoms with Crippen LogP contribution in [-0.4, -0.2) is 11.0 Å². The Morgan fingerprint density at radius 1 is 1.00 bits per heavy atom. The second-order valence-electron chi connectivity index (χ2n) is 4.02. The van der Waals surface area contributed by atoms with E-state index in [0.29, 0.717) is 26.3 Å². The third kappa shape index (κ3) is 4.32. The number of benzene rings is 2. The van der Waals surface area contributed by atoms with Crippen LogP contribution < -0.4 is 10.6 Å².